The number of benzene rings is 1. The van der Waals surface area contributed by atoms with E-state index in [9.17, 15) is 26.3 Å². The molecular weight excluding hydrogens is 300 g/mol. The molecule has 118 valence electrons. The van der Waals surface area contributed by atoms with Gasteiger partial charge in [-0.15, -0.1) is 0 Å². The Morgan fingerprint density at radius 1 is 1.10 bits per heavy atom. The molecular formula is C13H13F6NO. The van der Waals surface area contributed by atoms with Gasteiger partial charge in [0, 0.05) is 11.6 Å². The highest BCUT2D eigenvalue weighted by molar-refractivity contribution is 5.48. The fourth-order valence-corrected chi connectivity index (χ4v) is 2.48. The van der Waals surface area contributed by atoms with E-state index in [1.807, 2.05) is 0 Å². The molecule has 0 aromatic heterocycles. The van der Waals surface area contributed by atoms with Gasteiger partial charge in [-0.25, -0.2) is 0 Å². The Morgan fingerprint density at radius 3 is 2.19 bits per heavy atom. The fourth-order valence-electron chi connectivity index (χ4n) is 2.48. The Morgan fingerprint density at radius 2 is 1.76 bits per heavy atom. The van der Waals surface area contributed by atoms with Crippen LogP contribution in [0.3, 0.4) is 0 Å². The van der Waals surface area contributed by atoms with Gasteiger partial charge in [-0.1, -0.05) is 0 Å². The summed E-state index contributed by atoms with van der Waals surface area (Å²) in [6.45, 7) is 0.520. The second kappa shape index (κ2) is 5.40. The summed E-state index contributed by atoms with van der Waals surface area (Å²) < 4.78 is 82.4. The van der Waals surface area contributed by atoms with E-state index in [1.54, 1.807) is 0 Å². The predicted molar refractivity (Wildman–Crippen MR) is 63.0 cm³/mol. The van der Waals surface area contributed by atoms with Crippen LogP contribution in [0, 0.1) is 0 Å². The zero-order valence-corrected chi connectivity index (χ0v) is 11.0. The van der Waals surface area contributed by atoms with Gasteiger partial charge in [0.15, 0.2) is 0 Å². The minimum absolute atomic E-state index is 0.151. The number of rotatable bonds is 2. The Kier molecular flexibility index (Phi) is 4.10. The van der Waals surface area contributed by atoms with Crippen molar-refractivity contribution < 1.29 is 31.1 Å². The number of nitrogens with one attached hydrogen (secondary N) is 1. The molecule has 1 atom stereocenters. The summed E-state index contributed by atoms with van der Waals surface area (Å²) in [4.78, 5) is 0. The maximum atomic E-state index is 13.1. The third-order valence-corrected chi connectivity index (χ3v) is 3.40. The van der Waals surface area contributed by atoms with Crippen LogP contribution in [0.15, 0.2) is 12.1 Å². The van der Waals surface area contributed by atoms with Gasteiger partial charge in [-0.2, -0.15) is 26.3 Å². The maximum absolute atomic E-state index is 13.1. The second-order valence-corrected chi connectivity index (χ2v) is 4.78. The molecule has 0 aliphatic carbocycles. The Balaban J connectivity index is 2.66. The van der Waals surface area contributed by atoms with E-state index in [4.69, 9.17) is 4.74 Å². The Bertz CT molecular complexity index is 517. The number of methoxy groups -OCH3 is 1. The highest BCUT2D eigenvalue weighted by atomic mass is 19.4. The molecule has 1 aromatic carbocycles. The summed E-state index contributed by atoms with van der Waals surface area (Å²) in [6.07, 6.45) is -8.67. The normalized spacial score (nSPS) is 19.9. The van der Waals surface area contributed by atoms with Crippen LogP contribution < -0.4 is 10.1 Å². The molecule has 1 aliphatic rings. The lowest BCUT2D eigenvalue weighted by atomic mass is 9.95. The van der Waals surface area contributed by atoms with Gasteiger partial charge < -0.3 is 10.1 Å². The van der Waals surface area contributed by atoms with Crippen molar-refractivity contribution in [1.29, 1.82) is 0 Å². The summed E-state index contributed by atoms with van der Waals surface area (Å²) in [6, 6.07) is 0.112. The van der Waals surface area contributed by atoms with Gasteiger partial charge in [-0.05, 0) is 31.5 Å². The van der Waals surface area contributed by atoms with Crippen molar-refractivity contribution in [2.24, 2.45) is 0 Å². The average Bonchev–Trinajstić information content (AvgIpc) is 2.88. The first-order valence-electron chi connectivity index (χ1n) is 6.24. The van der Waals surface area contributed by atoms with Crippen LogP contribution in [0.4, 0.5) is 26.3 Å². The van der Waals surface area contributed by atoms with Gasteiger partial charge >= 0.3 is 12.4 Å². The van der Waals surface area contributed by atoms with Crippen LogP contribution in [-0.2, 0) is 12.4 Å². The molecule has 1 heterocycles. The van der Waals surface area contributed by atoms with Crippen molar-refractivity contribution in [1.82, 2.24) is 5.32 Å². The van der Waals surface area contributed by atoms with E-state index >= 15 is 0 Å². The SMILES string of the molecule is COc1cc(C(F)(F)F)cc(C(F)(F)F)c1[C@H]1CCCN1. The Hall–Kier alpha value is -1.44. The average molecular weight is 313 g/mol. The molecule has 1 N–H and O–H groups in total. The number of halogens is 6. The molecule has 1 aliphatic heterocycles. The van der Waals surface area contributed by atoms with Crippen LogP contribution in [0.25, 0.3) is 0 Å². The standard InChI is InChI=1S/C13H13F6NO/c1-21-10-6-7(12(14,15)16)5-8(13(17,18)19)11(10)9-3-2-4-20-9/h5-6,9,20H,2-4H2,1H3/t9-/m1/s1. The van der Waals surface area contributed by atoms with Crippen molar-refractivity contribution >= 4 is 0 Å². The molecule has 2 nitrogen and oxygen atoms in total. The maximum Gasteiger partial charge on any atom is 0.416 e. The monoisotopic (exact) mass is 313 g/mol. The zero-order chi connectivity index (χ0) is 15.8. The van der Waals surface area contributed by atoms with Gasteiger partial charge in [0.25, 0.3) is 0 Å². The molecule has 0 radical (unpaired) electrons. The third kappa shape index (κ3) is 3.25. The van der Waals surface area contributed by atoms with Crippen LogP contribution in [-0.4, -0.2) is 13.7 Å². The minimum atomic E-state index is -4.88. The molecule has 0 unspecified atom stereocenters. The minimum Gasteiger partial charge on any atom is -0.496 e. The summed E-state index contributed by atoms with van der Waals surface area (Å²) in [7, 11) is 1.06. The topological polar surface area (TPSA) is 21.3 Å². The molecule has 0 amide bonds. The Labute approximate surface area is 117 Å². The first-order chi connectivity index (χ1) is 9.64. The van der Waals surface area contributed by atoms with E-state index in [2.05, 4.69) is 5.32 Å². The molecule has 21 heavy (non-hydrogen) atoms. The highest BCUT2D eigenvalue weighted by Gasteiger charge is 2.41. The third-order valence-electron chi connectivity index (χ3n) is 3.40. The van der Waals surface area contributed by atoms with E-state index in [-0.39, 0.29) is 11.6 Å². The van der Waals surface area contributed by atoms with E-state index in [0.29, 0.717) is 25.5 Å². The number of ether oxygens (including phenoxy) is 1. The first kappa shape index (κ1) is 15.9. The fraction of sp³-hybridized carbons (Fsp3) is 0.538. The largest absolute Gasteiger partial charge is 0.496 e. The predicted octanol–water partition coefficient (Wildman–Crippen LogP) is 4.16. The van der Waals surface area contributed by atoms with Crippen LogP contribution >= 0.6 is 0 Å². The van der Waals surface area contributed by atoms with Gasteiger partial charge in [0.05, 0.1) is 18.2 Å². The quantitative estimate of drug-likeness (QED) is 0.828. The van der Waals surface area contributed by atoms with Crippen LogP contribution in [0.5, 0.6) is 5.75 Å². The van der Waals surface area contributed by atoms with Crippen molar-refractivity contribution in [3.8, 4) is 5.75 Å². The zero-order valence-electron chi connectivity index (χ0n) is 11.0. The van der Waals surface area contributed by atoms with E-state index in [0.717, 1.165) is 7.11 Å². The van der Waals surface area contributed by atoms with Gasteiger partial charge in [0.2, 0.25) is 0 Å². The number of alkyl halides is 6. The van der Waals surface area contributed by atoms with E-state index in [1.165, 1.54) is 0 Å². The number of hydrogen-bond acceptors (Lipinski definition) is 2. The summed E-state index contributed by atoms with van der Waals surface area (Å²) >= 11 is 0. The van der Waals surface area contributed by atoms with Gasteiger partial charge in [0.1, 0.15) is 5.75 Å². The molecule has 1 aromatic rings. The second-order valence-electron chi connectivity index (χ2n) is 4.78. The summed E-state index contributed by atoms with van der Waals surface area (Å²) in [5.74, 6) is -0.392. The lowest BCUT2D eigenvalue weighted by molar-refractivity contribution is -0.143. The molecule has 8 heteroatoms. The van der Waals surface area contributed by atoms with Gasteiger partial charge in [-0.3, -0.25) is 0 Å². The highest BCUT2D eigenvalue weighted by Crippen LogP contribution is 2.45. The van der Waals surface area contributed by atoms with Crippen molar-refractivity contribution in [3.63, 3.8) is 0 Å². The molecule has 1 saturated heterocycles. The molecule has 0 bridgehead atoms. The lowest BCUT2D eigenvalue weighted by Crippen LogP contribution is -2.21. The smallest absolute Gasteiger partial charge is 0.416 e. The number of hydrogen-bond donors (Lipinski definition) is 1. The molecule has 0 saturated carbocycles. The van der Waals surface area contributed by atoms with Crippen molar-refractivity contribution in [2.75, 3.05) is 13.7 Å². The summed E-state index contributed by atoms with van der Waals surface area (Å²) in [5, 5.41) is 2.86. The summed E-state index contributed by atoms with van der Waals surface area (Å²) in [5.41, 5.74) is -2.92. The van der Waals surface area contributed by atoms with E-state index < -0.39 is 35.3 Å². The molecule has 1 fully saturated rings. The van der Waals surface area contributed by atoms with Crippen molar-refractivity contribution in [3.05, 3.63) is 28.8 Å². The molecule has 2 rings (SSSR count). The molecule has 0 spiro atoms. The lowest BCUT2D eigenvalue weighted by Gasteiger charge is -2.23. The first-order valence-corrected chi connectivity index (χ1v) is 6.24. The van der Waals surface area contributed by atoms with Crippen molar-refractivity contribution in [2.45, 2.75) is 31.2 Å². The van der Waals surface area contributed by atoms with Crippen LogP contribution in [0.2, 0.25) is 0 Å². The van der Waals surface area contributed by atoms with Crippen LogP contribution in [0.1, 0.15) is 35.6 Å².